The zero-order valence-electron chi connectivity index (χ0n) is 12.6. The maximum Gasteiger partial charge on any atom is 0.244 e. The third-order valence-corrected chi connectivity index (χ3v) is 6.33. The van der Waals surface area contributed by atoms with Crippen molar-refractivity contribution in [3.8, 4) is 0 Å². The fourth-order valence-corrected chi connectivity index (χ4v) is 3.82. The Labute approximate surface area is 122 Å². The maximum atomic E-state index is 12.4. The molecule has 2 rings (SSSR count). The summed E-state index contributed by atoms with van der Waals surface area (Å²) in [5.41, 5.74) is 0.715. The van der Waals surface area contributed by atoms with Crippen LogP contribution in [0.1, 0.15) is 26.7 Å². The molecule has 0 amide bonds. The molecule has 112 valence electrons. The lowest BCUT2D eigenvalue weighted by Crippen LogP contribution is -2.27. The standard InChI is InChI=1S/C15H24N2O2S/c1-11-9-10-13(12(11)2)16-14-7-5-6-8-15(14)20(18,19)17(3)4/h5-8,11-13,16H,9-10H2,1-4H3. The van der Waals surface area contributed by atoms with E-state index in [-0.39, 0.29) is 0 Å². The number of nitrogens with zero attached hydrogens (tertiary/aromatic N) is 1. The molecule has 5 heteroatoms. The van der Waals surface area contributed by atoms with Crippen LogP contribution in [0.15, 0.2) is 29.2 Å². The molecule has 1 aromatic carbocycles. The molecule has 20 heavy (non-hydrogen) atoms. The Hall–Kier alpha value is -1.07. The van der Waals surface area contributed by atoms with Crippen molar-refractivity contribution in [2.45, 2.75) is 37.6 Å². The lowest BCUT2D eigenvalue weighted by molar-refractivity contribution is 0.435. The zero-order chi connectivity index (χ0) is 14.9. The summed E-state index contributed by atoms with van der Waals surface area (Å²) in [6.07, 6.45) is 2.29. The topological polar surface area (TPSA) is 49.4 Å². The van der Waals surface area contributed by atoms with Gasteiger partial charge in [-0.05, 0) is 36.8 Å². The lowest BCUT2D eigenvalue weighted by Gasteiger charge is -2.23. The van der Waals surface area contributed by atoms with Gasteiger partial charge < -0.3 is 5.32 Å². The number of para-hydroxylation sites is 1. The number of nitrogens with one attached hydrogen (secondary N) is 1. The van der Waals surface area contributed by atoms with E-state index in [2.05, 4.69) is 19.2 Å². The molecule has 1 aliphatic rings. The van der Waals surface area contributed by atoms with Gasteiger partial charge in [0.2, 0.25) is 10.0 Å². The van der Waals surface area contributed by atoms with Gasteiger partial charge in [-0.2, -0.15) is 0 Å². The molecule has 3 unspecified atom stereocenters. The minimum absolute atomic E-state index is 0.350. The minimum Gasteiger partial charge on any atom is -0.381 e. The van der Waals surface area contributed by atoms with Crippen LogP contribution < -0.4 is 5.32 Å². The molecule has 1 fully saturated rings. The first-order chi connectivity index (χ1) is 9.34. The summed E-state index contributed by atoms with van der Waals surface area (Å²) >= 11 is 0. The van der Waals surface area contributed by atoms with Crippen molar-refractivity contribution in [2.75, 3.05) is 19.4 Å². The van der Waals surface area contributed by atoms with Crippen LogP contribution in [-0.4, -0.2) is 32.9 Å². The van der Waals surface area contributed by atoms with Crippen LogP contribution in [0.3, 0.4) is 0 Å². The summed E-state index contributed by atoms with van der Waals surface area (Å²) in [4.78, 5) is 0.358. The third kappa shape index (κ3) is 2.83. The second kappa shape index (κ2) is 5.74. The second-order valence-corrected chi connectivity index (χ2v) is 8.07. The van der Waals surface area contributed by atoms with Crippen LogP contribution in [0.5, 0.6) is 0 Å². The third-order valence-electron chi connectivity index (χ3n) is 4.45. The van der Waals surface area contributed by atoms with Crippen LogP contribution in [0.25, 0.3) is 0 Å². The average Bonchev–Trinajstić information content (AvgIpc) is 2.71. The van der Waals surface area contributed by atoms with Gasteiger partial charge in [-0.25, -0.2) is 12.7 Å². The second-order valence-electron chi connectivity index (χ2n) is 5.95. The van der Waals surface area contributed by atoms with Crippen molar-refractivity contribution < 1.29 is 8.42 Å². The molecule has 0 aromatic heterocycles. The highest BCUT2D eigenvalue weighted by atomic mass is 32.2. The number of hydrogen-bond acceptors (Lipinski definition) is 3. The number of anilines is 1. The van der Waals surface area contributed by atoms with Crippen molar-refractivity contribution in [1.82, 2.24) is 4.31 Å². The molecule has 1 N–H and O–H groups in total. The van der Waals surface area contributed by atoms with E-state index in [4.69, 9.17) is 0 Å². The summed E-state index contributed by atoms with van der Waals surface area (Å²) in [5, 5.41) is 3.44. The van der Waals surface area contributed by atoms with Gasteiger partial charge in [-0.3, -0.25) is 0 Å². The quantitative estimate of drug-likeness (QED) is 0.929. The smallest absolute Gasteiger partial charge is 0.244 e. The Morgan fingerprint density at radius 3 is 2.35 bits per heavy atom. The Kier molecular flexibility index (Phi) is 4.39. The highest BCUT2D eigenvalue weighted by Gasteiger charge is 2.31. The van der Waals surface area contributed by atoms with Gasteiger partial charge >= 0.3 is 0 Å². The molecule has 0 aliphatic heterocycles. The van der Waals surface area contributed by atoms with Gasteiger partial charge in [-0.15, -0.1) is 0 Å². The predicted molar refractivity (Wildman–Crippen MR) is 82.3 cm³/mol. The van der Waals surface area contributed by atoms with Crippen molar-refractivity contribution in [1.29, 1.82) is 0 Å². The molecule has 4 nitrogen and oxygen atoms in total. The Bertz CT molecular complexity index is 569. The molecule has 0 saturated heterocycles. The maximum absolute atomic E-state index is 12.4. The largest absolute Gasteiger partial charge is 0.381 e. The van der Waals surface area contributed by atoms with E-state index in [1.165, 1.54) is 10.7 Å². The molecule has 3 atom stereocenters. The monoisotopic (exact) mass is 296 g/mol. The molecule has 0 bridgehead atoms. The van der Waals surface area contributed by atoms with Crippen molar-refractivity contribution >= 4 is 15.7 Å². The molecule has 0 heterocycles. The van der Waals surface area contributed by atoms with E-state index in [1.54, 1.807) is 26.2 Å². The van der Waals surface area contributed by atoms with E-state index in [1.807, 2.05) is 12.1 Å². The van der Waals surface area contributed by atoms with Gasteiger partial charge in [0.25, 0.3) is 0 Å². The van der Waals surface area contributed by atoms with Gasteiger partial charge in [0.1, 0.15) is 4.90 Å². The van der Waals surface area contributed by atoms with E-state index in [0.717, 1.165) is 6.42 Å². The van der Waals surface area contributed by atoms with E-state index >= 15 is 0 Å². The van der Waals surface area contributed by atoms with Crippen molar-refractivity contribution in [3.63, 3.8) is 0 Å². The summed E-state index contributed by atoms with van der Waals surface area (Å²) in [6.45, 7) is 4.49. The van der Waals surface area contributed by atoms with E-state index in [9.17, 15) is 8.42 Å². The van der Waals surface area contributed by atoms with Crippen LogP contribution in [0.4, 0.5) is 5.69 Å². The SMILES string of the molecule is CC1CCC(Nc2ccccc2S(=O)(=O)N(C)C)C1C. The number of benzene rings is 1. The molecular formula is C15H24N2O2S. The fourth-order valence-electron chi connectivity index (χ4n) is 2.78. The van der Waals surface area contributed by atoms with Gasteiger partial charge in [0.05, 0.1) is 5.69 Å². The number of sulfonamides is 1. The number of rotatable bonds is 4. The normalized spacial score (nSPS) is 26.9. The summed E-state index contributed by atoms with van der Waals surface area (Å²) < 4.78 is 26.0. The van der Waals surface area contributed by atoms with Gasteiger partial charge in [-0.1, -0.05) is 26.0 Å². The lowest BCUT2D eigenvalue weighted by atomic mass is 9.97. The molecule has 1 saturated carbocycles. The summed E-state index contributed by atoms with van der Waals surface area (Å²) in [5.74, 6) is 1.25. The predicted octanol–water partition coefficient (Wildman–Crippen LogP) is 2.78. The highest BCUT2D eigenvalue weighted by Crippen LogP contribution is 2.34. The fraction of sp³-hybridized carbons (Fsp3) is 0.600. The molecule has 0 spiro atoms. The average molecular weight is 296 g/mol. The van der Waals surface area contributed by atoms with Crippen LogP contribution in [0.2, 0.25) is 0 Å². The number of hydrogen-bond donors (Lipinski definition) is 1. The van der Waals surface area contributed by atoms with E-state index < -0.39 is 10.0 Å². The first-order valence-electron chi connectivity index (χ1n) is 7.12. The zero-order valence-corrected chi connectivity index (χ0v) is 13.4. The van der Waals surface area contributed by atoms with Crippen molar-refractivity contribution in [2.24, 2.45) is 11.8 Å². The molecule has 1 aliphatic carbocycles. The minimum atomic E-state index is -3.41. The molecule has 0 radical (unpaired) electrons. The first kappa shape index (κ1) is 15.3. The highest BCUT2D eigenvalue weighted by molar-refractivity contribution is 7.89. The Balaban J connectivity index is 2.30. The summed E-state index contributed by atoms with van der Waals surface area (Å²) in [7, 11) is -0.286. The van der Waals surface area contributed by atoms with Gasteiger partial charge in [0.15, 0.2) is 0 Å². The van der Waals surface area contributed by atoms with Crippen molar-refractivity contribution in [3.05, 3.63) is 24.3 Å². The van der Waals surface area contributed by atoms with Crippen LogP contribution >= 0.6 is 0 Å². The first-order valence-corrected chi connectivity index (χ1v) is 8.56. The Morgan fingerprint density at radius 1 is 1.15 bits per heavy atom. The Morgan fingerprint density at radius 2 is 1.80 bits per heavy atom. The molecule has 1 aromatic rings. The molecular weight excluding hydrogens is 272 g/mol. The van der Waals surface area contributed by atoms with Gasteiger partial charge in [0, 0.05) is 20.1 Å². The summed E-state index contributed by atoms with van der Waals surface area (Å²) in [6, 6.07) is 7.51. The van der Waals surface area contributed by atoms with E-state index in [0.29, 0.717) is 28.5 Å². The van der Waals surface area contributed by atoms with Crippen LogP contribution in [-0.2, 0) is 10.0 Å². The van der Waals surface area contributed by atoms with Crippen LogP contribution in [0, 0.1) is 11.8 Å².